The molecular weight excluding hydrogens is 255 g/mol. The van der Waals surface area contributed by atoms with E-state index in [1.54, 1.807) is 11.1 Å². The fraction of sp³-hybridized carbons (Fsp3) is 0.222. The van der Waals surface area contributed by atoms with Gasteiger partial charge >= 0.3 is 51.4 Å². The molecule has 0 N–H and O–H groups in total. The molecule has 0 spiro atoms. The molecule has 1 aliphatic rings. The van der Waals surface area contributed by atoms with Crippen molar-refractivity contribution < 1.29 is 0 Å². The van der Waals surface area contributed by atoms with E-state index in [1.807, 2.05) is 0 Å². The molecule has 0 saturated heterocycles. The number of aryl methyl sites for hydroxylation is 2. The maximum Gasteiger partial charge on any atom is -0.0102 e. The van der Waals surface area contributed by atoms with Gasteiger partial charge in [0.15, 0.2) is 0 Å². The third kappa shape index (κ3) is 2.32. The SMILES string of the molecule is [KH].c1ccc2c(c1)ccc1c3c(ccc12)CCCC3. The van der Waals surface area contributed by atoms with Crippen LogP contribution in [-0.4, -0.2) is 51.4 Å². The Balaban J connectivity index is 0.00000110. The molecule has 0 bridgehead atoms. The average molecular weight is 272 g/mol. The van der Waals surface area contributed by atoms with E-state index in [0.29, 0.717) is 0 Å². The zero-order valence-electron chi connectivity index (χ0n) is 10.4. The summed E-state index contributed by atoms with van der Waals surface area (Å²) in [4.78, 5) is 0. The normalized spacial score (nSPS) is 14.1. The van der Waals surface area contributed by atoms with Gasteiger partial charge in [-0.05, 0) is 58.4 Å². The molecule has 0 fully saturated rings. The Labute approximate surface area is 156 Å². The minimum Gasteiger partial charge on any atom is -0.0616 e. The van der Waals surface area contributed by atoms with Gasteiger partial charge in [0.1, 0.15) is 0 Å². The van der Waals surface area contributed by atoms with Crippen LogP contribution in [0.4, 0.5) is 0 Å². The summed E-state index contributed by atoms with van der Waals surface area (Å²) in [5, 5.41) is 5.64. The standard InChI is InChI=1S/C18H16.K.H/c1-3-7-15-13(5-1)9-11-18-16-8-4-2-6-14(16)10-12-17(15)18;;/h1,3,5,7,9-12H,2,4,6,8H2;;. The van der Waals surface area contributed by atoms with E-state index in [-0.39, 0.29) is 51.4 Å². The molecule has 3 aromatic carbocycles. The number of rotatable bonds is 0. The van der Waals surface area contributed by atoms with Gasteiger partial charge < -0.3 is 0 Å². The van der Waals surface area contributed by atoms with Gasteiger partial charge in [0, 0.05) is 0 Å². The van der Waals surface area contributed by atoms with Crippen molar-refractivity contribution in [2.45, 2.75) is 25.7 Å². The van der Waals surface area contributed by atoms with Crippen LogP contribution in [0.3, 0.4) is 0 Å². The van der Waals surface area contributed by atoms with Gasteiger partial charge in [-0.1, -0.05) is 48.5 Å². The predicted octanol–water partition coefficient (Wildman–Crippen LogP) is 4.22. The average Bonchev–Trinajstić information content (AvgIpc) is 2.46. The van der Waals surface area contributed by atoms with Crippen LogP contribution >= 0.6 is 0 Å². The molecule has 19 heavy (non-hydrogen) atoms. The summed E-state index contributed by atoms with van der Waals surface area (Å²) in [6, 6.07) is 18.0. The second-order valence-corrected chi connectivity index (χ2v) is 5.29. The quantitative estimate of drug-likeness (QED) is 0.424. The van der Waals surface area contributed by atoms with Crippen molar-refractivity contribution in [1.29, 1.82) is 0 Å². The number of hydrogen-bond acceptors (Lipinski definition) is 0. The molecule has 0 atom stereocenters. The molecule has 1 aliphatic carbocycles. The third-order valence-electron chi connectivity index (χ3n) is 4.26. The molecule has 0 aromatic heterocycles. The summed E-state index contributed by atoms with van der Waals surface area (Å²) in [7, 11) is 0. The van der Waals surface area contributed by atoms with E-state index in [0.717, 1.165) is 0 Å². The van der Waals surface area contributed by atoms with E-state index < -0.39 is 0 Å². The van der Waals surface area contributed by atoms with Crippen LogP contribution in [0.2, 0.25) is 0 Å². The minimum atomic E-state index is 0. The van der Waals surface area contributed by atoms with Crippen LogP contribution in [-0.2, 0) is 12.8 Å². The van der Waals surface area contributed by atoms with Crippen molar-refractivity contribution in [2.24, 2.45) is 0 Å². The van der Waals surface area contributed by atoms with E-state index in [2.05, 4.69) is 48.5 Å². The first-order valence-corrected chi connectivity index (χ1v) is 6.86. The first-order valence-electron chi connectivity index (χ1n) is 6.86. The van der Waals surface area contributed by atoms with Gasteiger partial charge in [-0.15, -0.1) is 0 Å². The zero-order chi connectivity index (χ0) is 11.9. The van der Waals surface area contributed by atoms with Crippen molar-refractivity contribution in [3.8, 4) is 0 Å². The molecule has 0 amide bonds. The van der Waals surface area contributed by atoms with Crippen molar-refractivity contribution in [1.82, 2.24) is 0 Å². The summed E-state index contributed by atoms with van der Waals surface area (Å²) in [5.41, 5.74) is 3.17. The van der Waals surface area contributed by atoms with Crippen LogP contribution in [0.25, 0.3) is 21.5 Å². The monoisotopic (exact) mass is 272 g/mol. The summed E-state index contributed by atoms with van der Waals surface area (Å²) < 4.78 is 0. The molecule has 90 valence electrons. The Morgan fingerprint density at radius 3 is 2.37 bits per heavy atom. The van der Waals surface area contributed by atoms with Crippen molar-refractivity contribution in [3.63, 3.8) is 0 Å². The Hall–Kier alpha value is -0.184. The maximum atomic E-state index is 2.35. The number of benzene rings is 3. The third-order valence-corrected chi connectivity index (χ3v) is 4.26. The largest absolute Gasteiger partial charge is 0.0616 e. The van der Waals surface area contributed by atoms with E-state index in [9.17, 15) is 0 Å². The van der Waals surface area contributed by atoms with Crippen molar-refractivity contribution >= 4 is 72.9 Å². The first kappa shape index (κ1) is 13.8. The molecule has 4 rings (SSSR count). The second kappa shape index (κ2) is 5.67. The molecule has 0 nitrogen and oxygen atoms in total. The minimum absolute atomic E-state index is 0. The first-order chi connectivity index (χ1) is 8.93. The van der Waals surface area contributed by atoms with Crippen LogP contribution in [0.15, 0.2) is 48.5 Å². The summed E-state index contributed by atoms with van der Waals surface area (Å²) in [6.07, 6.45) is 5.22. The van der Waals surface area contributed by atoms with Gasteiger partial charge in [-0.25, -0.2) is 0 Å². The Morgan fingerprint density at radius 1 is 0.632 bits per heavy atom. The molecule has 0 aliphatic heterocycles. The summed E-state index contributed by atoms with van der Waals surface area (Å²) >= 11 is 0. The second-order valence-electron chi connectivity index (χ2n) is 5.29. The molecule has 0 radical (unpaired) electrons. The van der Waals surface area contributed by atoms with E-state index in [4.69, 9.17) is 0 Å². The topological polar surface area (TPSA) is 0 Å². The van der Waals surface area contributed by atoms with Crippen LogP contribution in [0.5, 0.6) is 0 Å². The summed E-state index contributed by atoms with van der Waals surface area (Å²) in [5.74, 6) is 0. The van der Waals surface area contributed by atoms with E-state index >= 15 is 0 Å². The molecule has 0 heterocycles. The van der Waals surface area contributed by atoms with Crippen LogP contribution < -0.4 is 0 Å². The van der Waals surface area contributed by atoms with Gasteiger partial charge in [0.05, 0.1) is 0 Å². The van der Waals surface area contributed by atoms with Crippen molar-refractivity contribution in [2.75, 3.05) is 0 Å². The molecule has 0 unspecified atom stereocenters. The fourth-order valence-electron chi connectivity index (χ4n) is 3.34. The Kier molecular flexibility index (Phi) is 4.11. The van der Waals surface area contributed by atoms with Crippen molar-refractivity contribution in [3.05, 3.63) is 59.7 Å². The number of hydrogen-bond donors (Lipinski definition) is 0. The van der Waals surface area contributed by atoms with E-state index in [1.165, 1.54) is 47.2 Å². The molecule has 0 saturated carbocycles. The van der Waals surface area contributed by atoms with Gasteiger partial charge in [0.25, 0.3) is 0 Å². The van der Waals surface area contributed by atoms with Gasteiger partial charge in [0.2, 0.25) is 0 Å². The Bertz CT molecular complexity index is 743. The fourth-order valence-corrected chi connectivity index (χ4v) is 3.34. The zero-order valence-corrected chi connectivity index (χ0v) is 10.4. The van der Waals surface area contributed by atoms with Gasteiger partial charge in [-0.2, -0.15) is 0 Å². The van der Waals surface area contributed by atoms with Crippen LogP contribution in [0.1, 0.15) is 24.0 Å². The predicted molar refractivity (Wildman–Crippen MR) is 85.2 cm³/mol. The molecule has 1 heteroatoms. The summed E-state index contributed by atoms with van der Waals surface area (Å²) in [6.45, 7) is 0. The Morgan fingerprint density at radius 2 is 1.42 bits per heavy atom. The molecule has 3 aromatic rings. The van der Waals surface area contributed by atoms with Crippen LogP contribution in [0, 0.1) is 0 Å². The van der Waals surface area contributed by atoms with Gasteiger partial charge in [-0.3, -0.25) is 0 Å². The maximum absolute atomic E-state index is 2.35. The molecular formula is C18H17K. The number of fused-ring (bicyclic) bond motifs is 5. The smallest absolute Gasteiger partial charge is 0.0102 e.